The monoisotopic (exact) mass is 473 g/mol. The normalized spacial score (nSPS) is 11.4. The molecule has 1 atom stereocenters. The number of methoxy groups -OCH3 is 1. The number of hydrogen-bond acceptors (Lipinski definition) is 9. The number of nitrogens with zero attached hydrogens (tertiary/aromatic N) is 3. The van der Waals surface area contributed by atoms with Crippen LogP contribution in [0.2, 0.25) is 0 Å². The average molecular weight is 473 g/mol. The molecular weight excluding hydrogens is 452 g/mol. The zero-order chi connectivity index (χ0) is 23.5. The molecule has 1 unspecified atom stereocenters. The van der Waals surface area contributed by atoms with Crippen molar-refractivity contribution in [3.63, 3.8) is 0 Å². The molecule has 0 aliphatic heterocycles. The van der Waals surface area contributed by atoms with Gasteiger partial charge in [-0.15, -0.1) is 0 Å². The van der Waals surface area contributed by atoms with E-state index in [2.05, 4.69) is 20.6 Å². The van der Waals surface area contributed by atoms with E-state index >= 15 is 0 Å². The van der Waals surface area contributed by atoms with E-state index in [0.717, 1.165) is 5.56 Å². The van der Waals surface area contributed by atoms with Crippen molar-refractivity contribution in [2.24, 2.45) is 0 Å². The van der Waals surface area contributed by atoms with Gasteiger partial charge in [-0.3, -0.25) is 0 Å². The number of halogens is 1. The second kappa shape index (κ2) is 9.53. The van der Waals surface area contributed by atoms with E-state index < -0.39 is 20.6 Å². The Hall–Kier alpha value is -3.53. The van der Waals surface area contributed by atoms with Crippen molar-refractivity contribution >= 4 is 43.3 Å². The van der Waals surface area contributed by atoms with E-state index in [1.54, 1.807) is 37.4 Å². The van der Waals surface area contributed by atoms with Crippen LogP contribution in [0.25, 0.3) is 11.1 Å². The predicted octanol–water partition coefficient (Wildman–Crippen LogP) is 4.11. The molecule has 0 bridgehead atoms. The Kier molecular flexibility index (Phi) is 6.55. The van der Waals surface area contributed by atoms with Gasteiger partial charge in [0.25, 0.3) is 0 Å². The quantitative estimate of drug-likeness (QED) is 0.324. The lowest BCUT2D eigenvalue weighted by Gasteiger charge is -2.13. The van der Waals surface area contributed by atoms with Crippen LogP contribution in [-0.2, 0) is 11.3 Å². The van der Waals surface area contributed by atoms with E-state index in [-0.39, 0.29) is 12.5 Å². The van der Waals surface area contributed by atoms with Crippen LogP contribution >= 0.6 is 9.03 Å². The van der Waals surface area contributed by atoms with Crippen LogP contribution in [0.3, 0.4) is 0 Å². The van der Waals surface area contributed by atoms with E-state index in [1.165, 1.54) is 17.7 Å². The van der Waals surface area contributed by atoms with E-state index in [0.29, 0.717) is 39.8 Å². The van der Waals surface area contributed by atoms with Gasteiger partial charge in [0.1, 0.15) is 12.5 Å². The Morgan fingerprint density at radius 1 is 1.18 bits per heavy atom. The van der Waals surface area contributed by atoms with E-state index in [1.807, 2.05) is 6.92 Å². The first kappa shape index (κ1) is 22.7. The zero-order valence-electron chi connectivity index (χ0n) is 18.0. The summed E-state index contributed by atoms with van der Waals surface area (Å²) in [4.78, 5) is 29.7. The molecule has 0 saturated carbocycles. The Morgan fingerprint density at radius 2 is 2.00 bits per heavy atom. The highest BCUT2D eigenvalue weighted by Crippen LogP contribution is 2.28. The molecule has 12 heteroatoms. The number of anilines is 4. The van der Waals surface area contributed by atoms with Crippen molar-refractivity contribution in [3.05, 3.63) is 64.0 Å². The molecule has 4 aromatic rings. The number of aryl methyl sites for hydroxylation is 2. The lowest BCUT2D eigenvalue weighted by molar-refractivity contribution is 0.240. The maximum absolute atomic E-state index is 14.0. The van der Waals surface area contributed by atoms with Gasteiger partial charge >= 0.3 is 5.76 Å². The topological polar surface area (TPSA) is 124 Å². The summed E-state index contributed by atoms with van der Waals surface area (Å²) >= 11 is 0. The molecule has 2 aromatic heterocycles. The fourth-order valence-corrected chi connectivity index (χ4v) is 3.39. The maximum atomic E-state index is 14.0. The van der Waals surface area contributed by atoms with Crippen LogP contribution < -0.4 is 21.1 Å². The molecule has 4 rings (SSSR count). The largest absolute Gasteiger partial charge is 0.494 e. The molecule has 172 valence electrons. The highest BCUT2D eigenvalue weighted by molar-refractivity contribution is 7.24. The standard InChI is InChI=1S/C21H21FN5O5P/c1-11-6-14(8-17(30-3)18(11)22)25-20-23-9-12(2)19(26-20)24-13-4-5-16-15(7-13)27(10-31-33-29)21(28)32-16/h4-9,29,33H,10H2,1-3H3,(H2,23,24,25,26). The maximum Gasteiger partial charge on any atom is 0.421 e. The third-order valence-corrected chi connectivity index (χ3v) is 5.12. The molecule has 0 aliphatic carbocycles. The van der Waals surface area contributed by atoms with Crippen LogP contribution in [0.15, 0.2) is 45.7 Å². The van der Waals surface area contributed by atoms with E-state index in [4.69, 9.17) is 18.6 Å². The molecule has 10 nitrogen and oxygen atoms in total. The summed E-state index contributed by atoms with van der Waals surface area (Å²) < 4.78 is 30.5. The minimum Gasteiger partial charge on any atom is -0.494 e. The number of nitrogens with one attached hydrogen (secondary N) is 2. The Morgan fingerprint density at radius 3 is 2.76 bits per heavy atom. The van der Waals surface area contributed by atoms with Crippen LogP contribution in [0.4, 0.5) is 27.5 Å². The van der Waals surface area contributed by atoms with Gasteiger partial charge in [-0.05, 0) is 43.7 Å². The Labute approximate surface area is 189 Å². The number of benzene rings is 2. The van der Waals surface area contributed by atoms with Crippen molar-refractivity contribution in [2.75, 3.05) is 17.7 Å². The molecule has 0 aliphatic rings. The van der Waals surface area contributed by atoms with Crippen molar-refractivity contribution in [1.82, 2.24) is 14.5 Å². The first-order valence-electron chi connectivity index (χ1n) is 9.75. The van der Waals surface area contributed by atoms with Gasteiger partial charge in [-0.2, -0.15) is 4.98 Å². The molecule has 0 radical (unpaired) electrons. The summed E-state index contributed by atoms with van der Waals surface area (Å²) in [7, 11) is 0.652. The molecule has 33 heavy (non-hydrogen) atoms. The van der Waals surface area contributed by atoms with Crippen LogP contribution in [-0.4, -0.2) is 26.5 Å². The number of rotatable bonds is 8. The molecule has 0 fully saturated rings. The van der Waals surface area contributed by atoms with Gasteiger partial charge in [-0.1, -0.05) is 0 Å². The Balaban J connectivity index is 1.62. The summed E-state index contributed by atoms with van der Waals surface area (Å²) in [6.45, 7) is 3.36. The highest BCUT2D eigenvalue weighted by atomic mass is 31.1. The first-order valence-corrected chi connectivity index (χ1v) is 10.6. The summed E-state index contributed by atoms with van der Waals surface area (Å²) in [6.07, 6.45) is 1.65. The first-order chi connectivity index (χ1) is 15.9. The molecule has 2 heterocycles. The minimum absolute atomic E-state index is 0.119. The van der Waals surface area contributed by atoms with Gasteiger partial charge in [0.2, 0.25) is 5.95 Å². The number of oxazole rings is 1. The average Bonchev–Trinajstić information content (AvgIpc) is 3.11. The molecule has 0 amide bonds. The van der Waals surface area contributed by atoms with Crippen molar-refractivity contribution in [2.45, 2.75) is 20.6 Å². The van der Waals surface area contributed by atoms with Crippen molar-refractivity contribution in [3.8, 4) is 5.75 Å². The molecular formula is C21H21FN5O5P. The number of ether oxygens (including phenoxy) is 1. The summed E-state index contributed by atoms with van der Waals surface area (Å²) in [6, 6.07) is 8.27. The summed E-state index contributed by atoms with van der Waals surface area (Å²) in [5, 5.41) is 6.26. The lowest BCUT2D eigenvalue weighted by atomic mass is 10.2. The smallest absolute Gasteiger partial charge is 0.421 e. The zero-order valence-corrected chi connectivity index (χ0v) is 19.0. The van der Waals surface area contributed by atoms with Gasteiger partial charge in [0.05, 0.1) is 12.6 Å². The highest BCUT2D eigenvalue weighted by Gasteiger charge is 2.13. The molecule has 3 N–H and O–H groups in total. The fourth-order valence-electron chi connectivity index (χ4n) is 3.21. The minimum atomic E-state index is -0.749. The van der Waals surface area contributed by atoms with Gasteiger partial charge in [-0.25, -0.2) is 18.7 Å². The fraction of sp³-hybridized carbons (Fsp3) is 0.190. The lowest BCUT2D eigenvalue weighted by Crippen LogP contribution is -2.14. The van der Waals surface area contributed by atoms with Crippen LogP contribution in [0.5, 0.6) is 5.75 Å². The van der Waals surface area contributed by atoms with Crippen LogP contribution in [0, 0.1) is 19.7 Å². The summed E-state index contributed by atoms with van der Waals surface area (Å²) in [5.41, 5.74) is 3.32. The van der Waals surface area contributed by atoms with E-state index in [9.17, 15) is 9.18 Å². The van der Waals surface area contributed by atoms with Crippen molar-refractivity contribution in [1.29, 1.82) is 0 Å². The SMILES string of the molecule is COc1cc(Nc2ncc(C)c(Nc3ccc4oc(=O)n(COPO)c4c3)n2)cc(C)c1F. The molecule has 0 saturated heterocycles. The van der Waals surface area contributed by atoms with Crippen LogP contribution in [0.1, 0.15) is 11.1 Å². The van der Waals surface area contributed by atoms with Gasteiger partial charge in [0.15, 0.2) is 26.2 Å². The van der Waals surface area contributed by atoms with Crippen molar-refractivity contribution < 1.29 is 23.0 Å². The second-order valence-corrected chi connectivity index (χ2v) is 7.60. The third-order valence-electron chi connectivity index (χ3n) is 4.86. The third kappa shape index (κ3) is 4.80. The van der Waals surface area contributed by atoms with Gasteiger partial charge < -0.3 is 29.2 Å². The second-order valence-electron chi connectivity index (χ2n) is 7.13. The predicted molar refractivity (Wildman–Crippen MR) is 123 cm³/mol. The number of fused-ring (bicyclic) bond motifs is 1. The molecule has 2 aromatic carbocycles. The van der Waals surface area contributed by atoms with Gasteiger partial charge in [0, 0.05) is 29.2 Å². The molecule has 0 spiro atoms. The number of hydrogen-bond donors (Lipinski definition) is 3. The number of aromatic nitrogens is 3. The summed E-state index contributed by atoms with van der Waals surface area (Å²) in [5.74, 6) is -0.0608. The Bertz CT molecular complexity index is 1370.